The van der Waals surface area contributed by atoms with E-state index in [4.69, 9.17) is 18.0 Å². The van der Waals surface area contributed by atoms with Gasteiger partial charge in [-0.05, 0) is 39.0 Å². The second-order valence-corrected chi connectivity index (χ2v) is 8.64. The van der Waals surface area contributed by atoms with Crippen molar-refractivity contribution >= 4 is 29.0 Å². The molecule has 4 unspecified atom stereocenters. The summed E-state index contributed by atoms with van der Waals surface area (Å²) in [5.74, 6) is 0.921. The molecule has 10 heteroatoms. The van der Waals surface area contributed by atoms with Crippen molar-refractivity contribution in [2.45, 2.75) is 64.3 Å². The van der Waals surface area contributed by atoms with Gasteiger partial charge in [0.25, 0.3) is 0 Å². The van der Waals surface area contributed by atoms with E-state index in [1.54, 1.807) is 6.92 Å². The minimum Gasteiger partial charge on any atom is -0.392 e. The van der Waals surface area contributed by atoms with Crippen LogP contribution in [0.2, 0.25) is 0 Å². The number of anilines is 2. The van der Waals surface area contributed by atoms with Gasteiger partial charge in [-0.2, -0.15) is 18.2 Å². The van der Waals surface area contributed by atoms with Gasteiger partial charge in [-0.15, -0.1) is 0 Å². The van der Waals surface area contributed by atoms with Crippen LogP contribution in [0.1, 0.15) is 50.8 Å². The molecule has 0 saturated heterocycles. The highest BCUT2D eigenvalue weighted by molar-refractivity contribution is 7.80. The summed E-state index contributed by atoms with van der Waals surface area (Å²) >= 11 is 5.16. The molecule has 4 atom stereocenters. The van der Waals surface area contributed by atoms with E-state index in [0.717, 1.165) is 12.8 Å². The van der Waals surface area contributed by atoms with Gasteiger partial charge in [-0.1, -0.05) is 19.1 Å². The van der Waals surface area contributed by atoms with Crippen LogP contribution in [0.5, 0.6) is 0 Å². The Morgan fingerprint density at radius 1 is 1.36 bits per heavy atom. The molecule has 5 N–H and O–H groups in total. The highest BCUT2D eigenvalue weighted by Crippen LogP contribution is 2.68. The highest BCUT2D eigenvalue weighted by atomic mass is 32.1. The topological polar surface area (TPSA) is 96.1 Å². The van der Waals surface area contributed by atoms with Crippen LogP contribution >= 0.6 is 12.2 Å². The lowest BCUT2D eigenvalue weighted by Gasteiger charge is -2.36. The summed E-state index contributed by atoms with van der Waals surface area (Å²) in [6.45, 7) is 5.92. The predicted octanol–water partition coefficient (Wildman–Crippen LogP) is 3.14. The highest BCUT2D eigenvalue weighted by Gasteiger charge is 2.73. The second kappa shape index (κ2) is 6.98. The van der Waals surface area contributed by atoms with Crippen molar-refractivity contribution in [1.29, 1.82) is 0 Å². The lowest BCUT2D eigenvalue weighted by Crippen LogP contribution is -2.44. The Balaban J connectivity index is 1.81. The number of thiocarbonyl (C=S) groups is 1. The normalized spacial score (nSPS) is 31.4. The van der Waals surface area contributed by atoms with Crippen LogP contribution in [0.3, 0.4) is 0 Å². The van der Waals surface area contributed by atoms with Crippen LogP contribution in [-0.2, 0) is 0 Å². The number of rotatable bonds is 7. The summed E-state index contributed by atoms with van der Waals surface area (Å²) in [4.78, 5) is 8.87. The van der Waals surface area contributed by atoms with Crippen LogP contribution < -0.4 is 16.4 Å². The van der Waals surface area contributed by atoms with Gasteiger partial charge in [0.05, 0.1) is 17.4 Å². The molecule has 0 spiro atoms. The number of nitrogens with zero attached hydrogens (tertiary/aromatic N) is 2. The van der Waals surface area contributed by atoms with Gasteiger partial charge >= 0.3 is 6.18 Å². The molecule has 1 aromatic heterocycles. The molecule has 1 aromatic rings. The second-order valence-electron chi connectivity index (χ2n) is 8.20. The van der Waals surface area contributed by atoms with Crippen molar-refractivity contribution in [3.05, 3.63) is 11.3 Å². The van der Waals surface area contributed by atoms with Gasteiger partial charge in [-0.25, -0.2) is 4.98 Å². The molecule has 2 fully saturated rings. The van der Waals surface area contributed by atoms with Gasteiger partial charge < -0.3 is 21.5 Å². The fourth-order valence-electron chi connectivity index (χ4n) is 4.47. The van der Waals surface area contributed by atoms with Crippen LogP contribution in [0.15, 0.2) is 0 Å². The minimum absolute atomic E-state index is 0.0740. The molecule has 3 rings (SSSR count). The number of aryl methyl sites for hydroxylation is 1. The van der Waals surface area contributed by atoms with E-state index >= 15 is 0 Å². The zero-order chi connectivity index (χ0) is 20.9. The van der Waals surface area contributed by atoms with Gasteiger partial charge in [-0.3, -0.25) is 0 Å². The number of hydrogen-bond donors (Lipinski definition) is 4. The summed E-state index contributed by atoms with van der Waals surface area (Å²) in [5.41, 5.74) is 6.27. The Labute approximate surface area is 167 Å². The number of fused-ring (bicyclic) bond motifs is 1. The molecule has 0 aliphatic heterocycles. The number of halogens is 3. The predicted molar refractivity (Wildman–Crippen MR) is 105 cm³/mol. The molecular formula is C18H26F3N5OS. The summed E-state index contributed by atoms with van der Waals surface area (Å²) in [6, 6.07) is 0. The molecule has 0 bridgehead atoms. The van der Waals surface area contributed by atoms with E-state index in [0.29, 0.717) is 17.1 Å². The van der Waals surface area contributed by atoms with Crippen molar-refractivity contribution in [3.63, 3.8) is 0 Å². The van der Waals surface area contributed by atoms with Crippen LogP contribution in [0.4, 0.5) is 24.9 Å². The molecule has 2 aliphatic rings. The molecule has 0 radical (unpaired) electrons. The zero-order valence-corrected chi connectivity index (χ0v) is 17.0. The van der Waals surface area contributed by atoms with Gasteiger partial charge in [0, 0.05) is 23.9 Å². The number of nitrogens with one attached hydrogen (secondary N) is 2. The van der Waals surface area contributed by atoms with Crippen molar-refractivity contribution in [3.8, 4) is 0 Å². The lowest BCUT2D eigenvalue weighted by molar-refractivity contribution is -0.134. The Kier molecular flexibility index (Phi) is 5.24. The molecule has 156 valence electrons. The molecule has 0 aromatic carbocycles. The van der Waals surface area contributed by atoms with Gasteiger partial charge in [0.1, 0.15) is 10.8 Å². The maximum atomic E-state index is 12.3. The number of hydrogen-bond acceptors (Lipinski definition) is 6. The fraction of sp³-hybridized carbons (Fsp3) is 0.722. The number of aliphatic hydroxyl groups excluding tert-OH is 1. The fourth-order valence-corrected chi connectivity index (χ4v) is 4.71. The number of aliphatic hydroxyl groups is 1. The van der Waals surface area contributed by atoms with Crippen molar-refractivity contribution in [2.75, 3.05) is 17.2 Å². The van der Waals surface area contributed by atoms with Crippen molar-refractivity contribution < 1.29 is 18.3 Å². The first-order valence-electron chi connectivity index (χ1n) is 9.34. The first-order chi connectivity index (χ1) is 12.9. The molecule has 2 aliphatic carbocycles. The Bertz CT molecular complexity index is 789. The first kappa shape index (κ1) is 21.0. The summed E-state index contributed by atoms with van der Waals surface area (Å²) in [6.07, 6.45) is -3.72. The minimum atomic E-state index is -4.19. The van der Waals surface area contributed by atoms with E-state index in [1.165, 1.54) is 0 Å². The van der Waals surface area contributed by atoms with Crippen LogP contribution in [-0.4, -0.2) is 44.4 Å². The van der Waals surface area contributed by atoms with E-state index < -0.39 is 18.1 Å². The van der Waals surface area contributed by atoms with Crippen LogP contribution in [0, 0.1) is 18.3 Å². The third-order valence-electron chi connectivity index (χ3n) is 6.45. The molecule has 1 heterocycles. The summed E-state index contributed by atoms with van der Waals surface area (Å²) < 4.78 is 36.9. The van der Waals surface area contributed by atoms with Crippen molar-refractivity contribution in [1.82, 2.24) is 9.97 Å². The maximum absolute atomic E-state index is 12.3. The SMILES string of the molecule is Cc1nc(NCCCC(F)(F)F)nc(NC2(C)CCC3C(O)C32C)c1C(N)=S. The Morgan fingerprint density at radius 3 is 2.57 bits per heavy atom. The summed E-state index contributed by atoms with van der Waals surface area (Å²) in [7, 11) is 0. The lowest BCUT2D eigenvalue weighted by atomic mass is 9.84. The number of alkyl halides is 3. The monoisotopic (exact) mass is 417 g/mol. The van der Waals surface area contributed by atoms with E-state index in [1.807, 2.05) is 13.8 Å². The first-order valence-corrected chi connectivity index (χ1v) is 9.75. The number of nitrogens with two attached hydrogens (primary N) is 1. The van der Waals surface area contributed by atoms with Gasteiger partial charge in [0.15, 0.2) is 0 Å². The maximum Gasteiger partial charge on any atom is 0.389 e. The Hall–Kier alpha value is -1.68. The van der Waals surface area contributed by atoms with Crippen molar-refractivity contribution in [2.24, 2.45) is 17.1 Å². The quantitative estimate of drug-likeness (QED) is 0.400. The van der Waals surface area contributed by atoms with E-state index in [9.17, 15) is 18.3 Å². The van der Waals surface area contributed by atoms with Crippen LogP contribution in [0.25, 0.3) is 0 Å². The zero-order valence-electron chi connectivity index (χ0n) is 16.2. The van der Waals surface area contributed by atoms with E-state index in [2.05, 4.69) is 20.6 Å². The smallest absolute Gasteiger partial charge is 0.389 e. The standard InChI is InChI=1S/C18H26F3N5OS/c1-9-11(13(22)28)14(25-15(24-9)23-8-4-6-18(19,20)21)26-16(2)7-5-10-12(27)17(10,16)3/h10,12,27H,4-8H2,1-3H3,(H2,22,28)(H2,23,24,25,26). The molecular weight excluding hydrogens is 391 g/mol. The molecule has 0 amide bonds. The Morgan fingerprint density at radius 2 is 2.04 bits per heavy atom. The largest absolute Gasteiger partial charge is 0.392 e. The molecule has 6 nitrogen and oxygen atoms in total. The number of aromatic nitrogens is 2. The third kappa shape index (κ3) is 3.63. The third-order valence-corrected chi connectivity index (χ3v) is 6.66. The summed E-state index contributed by atoms with van der Waals surface area (Å²) in [5, 5.41) is 16.6. The molecule has 28 heavy (non-hydrogen) atoms. The van der Waals surface area contributed by atoms with Gasteiger partial charge in [0.2, 0.25) is 5.95 Å². The molecule has 2 saturated carbocycles. The average molecular weight is 418 g/mol. The van der Waals surface area contributed by atoms with E-state index in [-0.39, 0.29) is 41.3 Å². The average Bonchev–Trinajstić information content (AvgIpc) is 2.98.